The van der Waals surface area contributed by atoms with Crippen molar-refractivity contribution < 1.29 is 4.39 Å². The van der Waals surface area contributed by atoms with Crippen LogP contribution in [-0.4, -0.2) is 18.1 Å². The summed E-state index contributed by atoms with van der Waals surface area (Å²) in [5, 5.41) is 3.40. The largest absolute Gasteiger partial charge is 0.316 e. The van der Waals surface area contributed by atoms with Crippen LogP contribution in [0.3, 0.4) is 0 Å². The van der Waals surface area contributed by atoms with E-state index in [9.17, 15) is 4.39 Å². The van der Waals surface area contributed by atoms with Gasteiger partial charge in [0.2, 0.25) is 0 Å². The lowest BCUT2D eigenvalue weighted by Gasteiger charge is -2.59. The van der Waals surface area contributed by atoms with Crippen LogP contribution >= 0.6 is 0 Å². The van der Waals surface area contributed by atoms with Crippen molar-refractivity contribution in [2.45, 2.75) is 39.2 Å². The van der Waals surface area contributed by atoms with E-state index in [0.717, 1.165) is 12.1 Å². The van der Waals surface area contributed by atoms with Gasteiger partial charge in [0.1, 0.15) is 5.82 Å². The molecule has 0 saturated heterocycles. The van der Waals surface area contributed by atoms with E-state index < -0.39 is 0 Å². The van der Waals surface area contributed by atoms with Crippen molar-refractivity contribution in [3.63, 3.8) is 0 Å². The van der Waals surface area contributed by atoms with Gasteiger partial charge in [-0.1, -0.05) is 20.8 Å². The summed E-state index contributed by atoms with van der Waals surface area (Å²) in [5.74, 6) is 0.706. The summed E-state index contributed by atoms with van der Waals surface area (Å²) in [6.07, 6.45) is 2.43. The van der Waals surface area contributed by atoms with Crippen LogP contribution in [0.1, 0.15) is 38.8 Å². The highest BCUT2D eigenvalue weighted by atomic mass is 19.1. The molecule has 1 saturated carbocycles. The van der Waals surface area contributed by atoms with Crippen LogP contribution in [0, 0.1) is 17.2 Å². The summed E-state index contributed by atoms with van der Waals surface area (Å²) in [4.78, 5) is 4.26. The fourth-order valence-electron chi connectivity index (χ4n) is 3.68. The predicted molar refractivity (Wildman–Crippen MR) is 67.3 cm³/mol. The molecular formula is C14H21FN2. The van der Waals surface area contributed by atoms with Gasteiger partial charge in [0, 0.05) is 17.7 Å². The van der Waals surface area contributed by atoms with Gasteiger partial charge in [0.25, 0.3) is 0 Å². The number of aromatic nitrogens is 1. The number of rotatable bonds is 3. The average molecular weight is 236 g/mol. The maximum Gasteiger partial charge on any atom is 0.141 e. The number of hydrogen-bond donors (Lipinski definition) is 1. The third-order valence-electron chi connectivity index (χ3n) is 4.61. The molecule has 1 aliphatic rings. The number of nitrogens with zero attached hydrogens (tertiary/aromatic N) is 1. The van der Waals surface area contributed by atoms with Crippen molar-refractivity contribution in [1.29, 1.82) is 0 Å². The zero-order chi connectivity index (χ0) is 12.6. The molecule has 2 rings (SSSR count). The van der Waals surface area contributed by atoms with E-state index in [1.165, 1.54) is 12.3 Å². The minimum atomic E-state index is -0.260. The fraction of sp³-hybridized carbons (Fsp3) is 0.643. The van der Waals surface area contributed by atoms with Gasteiger partial charge in [-0.15, -0.1) is 0 Å². The molecule has 0 radical (unpaired) electrons. The molecule has 1 aliphatic carbocycles. The SMILES string of the molecule is CCC1(C)C(NC)C(C)C1c1ccc(F)cn1. The lowest BCUT2D eigenvalue weighted by molar-refractivity contribution is -0.0176. The Hall–Kier alpha value is -0.960. The van der Waals surface area contributed by atoms with Crippen LogP contribution in [0.5, 0.6) is 0 Å². The van der Waals surface area contributed by atoms with Crippen LogP contribution in [0.25, 0.3) is 0 Å². The third-order valence-corrected chi connectivity index (χ3v) is 4.61. The van der Waals surface area contributed by atoms with Gasteiger partial charge in [-0.2, -0.15) is 0 Å². The van der Waals surface area contributed by atoms with Crippen molar-refractivity contribution in [1.82, 2.24) is 10.3 Å². The second-order valence-corrected chi connectivity index (χ2v) is 5.36. The molecule has 0 aliphatic heterocycles. The van der Waals surface area contributed by atoms with E-state index in [0.29, 0.717) is 17.9 Å². The Labute approximate surface area is 103 Å². The third kappa shape index (κ3) is 1.77. The standard InChI is InChI=1S/C14H21FN2/c1-5-14(3)12(9(2)13(14)16-4)11-7-6-10(15)8-17-11/h6-9,12-13,16H,5H2,1-4H3. The highest BCUT2D eigenvalue weighted by Crippen LogP contribution is 2.57. The van der Waals surface area contributed by atoms with Crippen molar-refractivity contribution in [3.05, 3.63) is 29.8 Å². The van der Waals surface area contributed by atoms with Gasteiger partial charge in [0.05, 0.1) is 6.20 Å². The van der Waals surface area contributed by atoms with Gasteiger partial charge in [-0.3, -0.25) is 4.98 Å². The van der Waals surface area contributed by atoms with E-state index in [-0.39, 0.29) is 11.2 Å². The Morgan fingerprint density at radius 2 is 2.18 bits per heavy atom. The summed E-state index contributed by atoms with van der Waals surface area (Å²) >= 11 is 0. The topological polar surface area (TPSA) is 24.9 Å². The maximum atomic E-state index is 12.9. The predicted octanol–water partition coefficient (Wildman–Crippen LogP) is 2.96. The molecule has 1 N–H and O–H groups in total. The highest BCUT2D eigenvalue weighted by Gasteiger charge is 2.56. The number of halogens is 1. The summed E-state index contributed by atoms with van der Waals surface area (Å²) in [7, 11) is 2.02. The fourth-order valence-corrected chi connectivity index (χ4v) is 3.68. The molecule has 0 amide bonds. The number of nitrogens with one attached hydrogen (secondary N) is 1. The first-order chi connectivity index (χ1) is 8.04. The first-order valence-corrected chi connectivity index (χ1v) is 6.33. The Morgan fingerprint density at radius 3 is 2.65 bits per heavy atom. The van der Waals surface area contributed by atoms with Crippen molar-refractivity contribution >= 4 is 0 Å². The molecule has 1 aromatic heterocycles. The maximum absolute atomic E-state index is 12.9. The molecule has 2 nitrogen and oxygen atoms in total. The Morgan fingerprint density at radius 1 is 1.47 bits per heavy atom. The molecule has 1 heterocycles. The molecule has 0 aromatic carbocycles. The first-order valence-electron chi connectivity index (χ1n) is 6.33. The van der Waals surface area contributed by atoms with Crippen molar-refractivity contribution in [3.8, 4) is 0 Å². The molecule has 0 bridgehead atoms. The summed E-state index contributed by atoms with van der Waals surface area (Å²) in [6, 6.07) is 3.86. The van der Waals surface area contributed by atoms with Gasteiger partial charge in [-0.05, 0) is 36.9 Å². The van der Waals surface area contributed by atoms with Gasteiger partial charge in [0.15, 0.2) is 0 Å². The summed E-state index contributed by atoms with van der Waals surface area (Å²) in [5.41, 5.74) is 1.24. The number of hydrogen-bond acceptors (Lipinski definition) is 2. The molecule has 1 aromatic rings. The Balaban J connectivity index is 2.29. The van der Waals surface area contributed by atoms with Crippen molar-refractivity contribution in [2.75, 3.05) is 7.05 Å². The quantitative estimate of drug-likeness (QED) is 0.872. The van der Waals surface area contributed by atoms with Gasteiger partial charge in [-0.25, -0.2) is 4.39 Å². The minimum absolute atomic E-state index is 0.221. The van der Waals surface area contributed by atoms with Crippen LogP contribution in [0.4, 0.5) is 4.39 Å². The molecule has 3 heteroatoms. The molecule has 4 unspecified atom stereocenters. The molecular weight excluding hydrogens is 215 g/mol. The lowest BCUT2D eigenvalue weighted by atomic mass is 9.49. The zero-order valence-electron chi connectivity index (χ0n) is 11.0. The second-order valence-electron chi connectivity index (χ2n) is 5.36. The zero-order valence-corrected chi connectivity index (χ0v) is 11.0. The molecule has 94 valence electrons. The molecule has 0 spiro atoms. The summed E-state index contributed by atoms with van der Waals surface area (Å²) in [6.45, 7) is 6.75. The average Bonchev–Trinajstić information content (AvgIpc) is 2.32. The van der Waals surface area contributed by atoms with Crippen LogP contribution in [-0.2, 0) is 0 Å². The molecule has 1 fully saturated rings. The first kappa shape index (κ1) is 12.5. The van der Waals surface area contributed by atoms with E-state index in [1.54, 1.807) is 0 Å². The van der Waals surface area contributed by atoms with Crippen LogP contribution in [0.2, 0.25) is 0 Å². The number of pyridine rings is 1. The van der Waals surface area contributed by atoms with E-state index in [4.69, 9.17) is 0 Å². The van der Waals surface area contributed by atoms with Crippen molar-refractivity contribution in [2.24, 2.45) is 11.3 Å². The monoisotopic (exact) mass is 236 g/mol. The molecule has 4 atom stereocenters. The van der Waals surface area contributed by atoms with Gasteiger partial charge >= 0.3 is 0 Å². The highest BCUT2D eigenvalue weighted by molar-refractivity contribution is 5.24. The van der Waals surface area contributed by atoms with Gasteiger partial charge < -0.3 is 5.32 Å². The normalized spacial score (nSPS) is 36.6. The van der Waals surface area contributed by atoms with Crippen LogP contribution < -0.4 is 5.32 Å². The lowest BCUT2D eigenvalue weighted by Crippen LogP contribution is -2.62. The Bertz CT molecular complexity index is 390. The second kappa shape index (κ2) is 4.37. The Kier molecular flexibility index (Phi) is 3.21. The van der Waals surface area contributed by atoms with E-state index in [2.05, 4.69) is 31.1 Å². The van der Waals surface area contributed by atoms with Crippen LogP contribution in [0.15, 0.2) is 18.3 Å². The van der Waals surface area contributed by atoms with E-state index >= 15 is 0 Å². The smallest absolute Gasteiger partial charge is 0.141 e. The van der Waals surface area contributed by atoms with E-state index in [1.807, 2.05) is 13.1 Å². The minimum Gasteiger partial charge on any atom is -0.316 e. The molecule has 17 heavy (non-hydrogen) atoms. The summed E-state index contributed by atoms with van der Waals surface area (Å²) < 4.78 is 12.9.